The molecule has 4 nitrogen and oxygen atoms in total. The van der Waals surface area contributed by atoms with Gasteiger partial charge in [0.2, 0.25) is 10.0 Å². The van der Waals surface area contributed by atoms with E-state index in [9.17, 15) is 8.42 Å². The first-order valence-electron chi connectivity index (χ1n) is 8.24. The summed E-state index contributed by atoms with van der Waals surface area (Å²) in [6.45, 7) is 19.3. The van der Waals surface area contributed by atoms with E-state index in [1.807, 2.05) is 6.92 Å². The molecule has 5 heteroatoms. The number of likely N-dealkylation sites (N-methyl/N-ethyl adjacent to an activating group) is 2. The van der Waals surface area contributed by atoms with Crippen molar-refractivity contribution >= 4 is 10.0 Å². The molecule has 0 saturated heterocycles. The van der Waals surface area contributed by atoms with Crippen LogP contribution < -0.4 is 0 Å². The van der Waals surface area contributed by atoms with Crippen LogP contribution in [-0.2, 0) is 10.0 Å². The lowest BCUT2D eigenvalue weighted by atomic mass is 9.91. The smallest absolute Gasteiger partial charge is 0.216 e. The SMILES string of the molecule is CC[N+](CC)(CC)CCN(C)S(=O)(=O)C(C)CC(C)(C)C. The lowest BCUT2D eigenvalue weighted by Crippen LogP contribution is -2.52. The zero-order valence-electron chi connectivity index (χ0n) is 15.4. The lowest BCUT2D eigenvalue weighted by Gasteiger charge is -2.37. The van der Waals surface area contributed by atoms with Crippen LogP contribution >= 0.6 is 0 Å². The van der Waals surface area contributed by atoms with Gasteiger partial charge in [-0.2, -0.15) is 4.31 Å². The van der Waals surface area contributed by atoms with Gasteiger partial charge in [0.25, 0.3) is 0 Å². The highest BCUT2D eigenvalue weighted by Gasteiger charge is 2.31. The van der Waals surface area contributed by atoms with Crippen molar-refractivity contribution in [3.05, 3.63) is 0 Å². The quantitative estimate of drug-likeness (QED) is 0.612. The van der Waals surface area contributed by atoms with Gasteiger partial charge in [-0.3, -0.25) is 0 Å². The van der Waals surface area contributed by atoms with Crippen molar-refractivity contribution in [2.45, 2.75) is 60.1 Å². The fourth-order valence-corrected chi connectivity index (χ4v) is 4.56. The van der Waals surface area contributed by atoms with Gasteiger partial charge < -0.3 is 4.48 Å². The monoisotopic (exact) mass is 321 g/mol. The summed E-state index contributed by atoms with van der Waals surface area (Å²) < 4.78 is 27.8. The fraction of sp³-hybridized carbons (Fsp3) is 1.00. The van der Waals surface area contributed by atoms with E-state index < -0.39 is 10.0 Å². The van der Waals surface area contributed by atoms with Crippen LogP contribution in [0.25, 0.3) is 0 Å². The number of quaternary nitrogens is 1. The van der Waals surface area contributed by atoms with E-state index in [1.54, 1.807) is 11.4 Å². The maximum absolute atomic E-state index is 12.6. The zero-order valence-corrected chi connectivity index (χ0v) is 16.3. The molecular weight excluding hydrogens is 284 g/mol. The summed E-state index contributed by atoms with van der Waals surface area (Å²) in [4.78, 5) is 0. The third-order valence-corrected chi connectivity index (χ3v) is 6.98. The molecule has 1 unspecified atom stereocenters. The van der Waals surface area contributed by atoms with E-state index in [-0.39, 0.29) is 10.7 Å². The van der Waals surface area contributed by atoms with E-state index in [2.05, 4.69) is 41.5 Å². The van der Waals surface area contributed by atoms with Gasteiger partial charge in [0.05, 0.1) is 38.0 Å². The van der Waals surface area contributed by atoms with Gasteiger partial charge in [0, 0.05) is 7.05 Å². The molecular formula is C16H37N2O2S+. The fourth-order valence-electron chi connectivity index (χ4n) is 2.90. The highest BCUT2D eigenvalue weighted by atomic mass is 32.2. The van der Waals surface area contributed by atoms with Crippen LogP contribution in [0.1, 0.15) is 54.9 Å². The Morgan fingerprint density at radius 2 is 1.48 bits per heavy atom. The topological polar surface area (TPSA) is 37.4 Å². The van der Waals surface area contributed by atoms with Crippen LogP contribution in [0.5, 0.6) is 0 Å². The zero-order chi connectivity index (χ0) is 16.9. The first-order valence-corrected chi connectivity index (χ1v) is 9.74. The average Bonchev–Trinajstić information content (AvgIpc) is 2.38. The molecule has 0 radical (unpaired) electrons. The van der Waals surface area contributed by atoms with E-state index in [1.165, 1.54) is 0 Å². The molecule has 21 heavy (non-hydrogen) atoms. The number of hydrogen-bond donors (Lipinski definition) is 0. The van der Waals surface area contributed by atoms with Crippen LogP contribution in [-0.4, -0.2) is 62.2 Å². The van der Waals surface area contributed by atoms with Crippen LogP contribution in [0.2, 0.25) is 0 Å². The molecule has 0 aromatic heterocycles. The third-order valence-electron chi connectivity index (χ3n) is 4.74. The Hall–Kier alpha value is -0.130. The van der Waals surface area contributed by atoms with Crippen LogP contribution in [0.4, 0.5) is 0 Å². The van der Waals surface area contributed by atoms with Crippen molar-refractivity contribution in [3.8, 4) is 0 Å². The van der Waals surface area contributed by atoms with Gasteiger partial charge in [-0.1, -0.05) is 20.8 Å². The minimum atomic E-state index is -3.20. The Kier molecular flexibility index (Phi) is 7.88. The molecule has 1 atom stereocenters. The Morgan fingerprint density at radius 3 is 1.81 bits per heavy atom. The molecule has 0 aliphatic heterocycles. The van der Waals surface area contributed by atoms with Gasteiger partial charge in [-0.25, -0.2) is 8.42 Å². The molecule has 0 spiro atoms. The first-order chi connectivity index (χ1) is 9.44. The van der Waals surface area contributed by atoms with Crippen LogP contribution in [0.15, 0.2) is 0 Å². The van der Waals surface area contributed by atoms with Gasteiger partial charge in [0.1, 0.15) is 0 Å². The summed E-state index contributed by atoms with van der Waals surface area (Å²) in [6.07, 6.45) is 0.689. The van der Waals surface area contributed by atoms with E-state index >= 15 is 0 Å². The second-order valence-corrected chi connectivity index (χ2v) is 9.91. The second kappa shape index (κ2) is 7.93. The Bertz CT molecular complexity index is 387. The van der Waals surface area contributed by atoms with E-state index in [0.29, 0.717) is 13.0 Å². The summed E-state index contributed by atoms with van der Waals surface area (Å²) in [7, 11) is -1.47. The highest BCUT2D eigenvalue weighted by Crippen LogP contribution is 2.25. The molecule has 0 amide bonds. The number of rotatable bonds is 9. The number of sulfonamides is 1. The van der Waals surface area contributed by atoms with Gasteiger partial charge >= 0.3 is 0 Å². The molecule has 0 aromatic carbocycles. The minimum Gasteiger partial charge on any atom is -0.323 e. The largest absolute Gasteiger partial charge is 0.323 e. The molecule has 0 aliphatic carbocycles. The van der Waals surface area contributed by atoms with Crippen LogP contribution in [0.3, 0.4) is 0 Å². The van der Waals surface area contributed by atoms with Crippen LogP contribution in [0, 0.1) is 5.41 Å². The second-order valence-electron chi connectivity index (χ2n) is 7.46. The minimum absolute atomic E-state index is 0.0312. The molecule has 0 aromatic rings. The van der Waals surface area contributed by atoms with Crippen molar-refractivity contribution in [2.24, 2.45) is 5.41 Å². The molecule has 0 rings (SSSR count). The standard InChI is InChI=1S/C16H37N2O2S/c1-9-18(10-2,11-3)13-12-17(8)21(19,20)15(4)14-16(5,6)7/h15H,9-14H2,1-8H3/q+1. The van der Waals surface area contributed by atoms with Crippen molar-refractivity contribution < 1.29 is 12.9 Å². The van der Waals surface area contributed by atoms with Gasteiger partial charge in [0.15, 0.2) is 0 Å². The van der Waals surface area contributed by atoms with Crippen molar-refractivity contribution in [1.29, 1.82) is 0 Å². The summed E-state index contributed by atoms with van der Waals surface area (Å²) in [5.74, 6) is 0. The summed E-state index contributed by atoms with van der Waals surface area (Å²) >= 11 is 0. The Balaban J connectivity index is 4.81. The predicted molar refractivity (Wildman–Crippen MR) is 91.8 cm³/mol. The van der Waals surface area contributed by atoms with Crippen molar-refractivity contribution in [2.75, 3.05) is 39.8 Å². The summed E-state index contributed by atoms with van der Waals surface area (Å²) in [6, 6.07) is 0. The molecule has 0 heterocycles. The number of hydrogen-bond acceptors (Lipinski definition) is 2. The molecule has 0 fully saturated rings. The third kappa shape index (κ3) is 6.25. The highest BCUT2D eigenvalue weighted by molar-refractivity contribution is 7.89. The van der Waals surface area contributed by atoms with Gasteiger partial charge in [-0.05, 0) is 39.5 Å². The maximum Gasteiger partial charge on any atom is 0.216 e. The van der Waals surface area contributed by atoms with Crippen molar-refractivity contribution in [3.63, 3.8) is 0 Å². The maximum atomic E-state index is 12.6. The van der Waals surface area contributed by atoms with E-state index in [4.69, 9.17) is 0 Å². The summed E-state index contributed by atoms with van der Waals surface area (Å²) in [5, 5.41) is -0.325. The van der Waals surface area contributed by atoms with Gasteiger partial charge in [-0.15, -0.1) is 0 Å². The summed E-state index contributed by atoms with van der Waals surface area (Å²) in [5.41, 5.74) is 0.0312. The molecule has 0 saturated carbocycles. The normalized spacial score (nSPS) is 15.5. The predicted octanol–water partition coefficient (Wildman–Crippen LogP) is 2.95. The lowest BCUT2D eigenvalue weighted by molar-refractivity contribution is -0.922. The average molecular weight is 322 g/mol. The molecule has 128 valence electrons. The van der Waals surface area contributed by atoms with Crippen molar-refractivity contribution in [1.82, 2.24) is 4.31 Å². The molecule has 0 N–H and O–H groups in total. The Labute approximate surface area is 133 Å². The molecule has 0 bridgehead atoms. The first kappa shape index (κ1) is 20.9. The molecule has 0 aliphatic rings. The Morgan fingerprint density at radius 1 is 1.05 bits per heavy atom. The van der Waals surface area contributed by atoms with E-state index in [0.717, 1.165) is 30.7 Å². The number of nitrogens with zero attached hydrogens (tertiary/aromatic N) is 2.